The van der Waals surface area contributed by atoms with Crippen molar-refractivity contribution < 1.29 is 22.7 Å². The van der Waals surface area contributed by atoms with Crippen LogP contribution in [-0.4, -0.2) is 26.0 Å². The Morgan fingerprint density at radius 2 is 2.00 bits per heavy atom. The van der Waals surface area contributed by atoms with Gasteiger partial charge in [-0.15, -0.1) is 0 Å². The largest absolute Gasteiger partial charge is 0.481 e. The van der Waals surface area contributed by atoms with E-state index >= 15 is 0 Å². The number of nitrogens with zero attached hydrogens (tertiary/aromatic N) is 1. The zero-order valence-corrected chi connectivity index (χ0v) is 12.9. The minimum atomic E-state index is -3.85. The van der Waals surface area contributed by atoms with Crippen LogP contribution in [0.4, 0.5) is 5.69 Å². The summed E-state index contributed by atoms with van der Waals surface area (Å²) in [5.74, 6) is -1.10. The van der Waals surface area contributed by atoms with E-state index in [2.05, 4.69) is 0 Å². The van der Waals surface area contributed by atoms with Gasteiger partial charge in [0.1, 0.15) is 22.3 Å². The molecular formula is C15H15NO5S. The molecular weight excluding hydrogens is 306 g/mol. The van der Waals surface area contributed by atoms with E-state index in [0.717, 1.165) is 4.31 Å². The quantitative estimate of drug-likeness (QED) is 0.937. The number of carbonyl (C=O) groups is 1. The Bertz CT molecular complexity index is 853. The van der Waals surface area contributed by atoms with E-state index < -0.39 is 21.9 Å². The van der Waals surface area contributed by atoms with Crippen molar-refractivity contribution in [3.8, 4) is 0 Å². The highest BCUT2D eigenvalue weighted by Gasteiger charge is 2.40. The molecule has 6 nitrogen and oxygen atoms in total. The number of fused-ring (bicyclic) bond motifs is 1. The molecule has 0 spiro atoms. The van der Waals surface area contributed by atoms with Crippen molar-refractivity contribution in [3.05, 3.63) is 47.4 Å². The highest BCUT2D eigenvalue weighted by atomic mass is 32.2. The standard InChI is InChI=1S/C15H15NO5S/c1-9-7-14(10(2)21-9)22(19,20)16-8-12(15(17)18)11-5-3-4-6-13(11)16/h3-7,12H,8H2,1-2H3,(H,17,18). The fourth-order valence-corrected chi connectivity index (χ4v) is 4.52. The van der Waals surface area contributed by atoms with Crippen molar-refractivity contribution in [2.75, 3.05) is 10.8 Å². The molecule has 116 valence electrons. The normalized spacial score (nSPS) is 17.5. The van der Waals surface area contributed by atoms with Crippen molar-refractivity contribution in [2.45, 2.75) is 24.7 Å². The Hall–Kier alpha value is -2.28. The highest BCUT2D eigenvalue weighted by molar-refractivity contribution is 7.93. The Balaban J connectivity index is 2.13. The summed E-state index contributed by atoms with van der Waals surface area (Å²) in [6, 6.07) is 8.13. The number of sulfonamides is 1. The van der Waals surface area contributed by atoms with Gasteiger partial charge in [0.05, 0.1) is 12.2 Å². The lowest BCUT2D eigenvalue weighted by atomic mass is 10.0. The average Bonchev–Trinajstić information content (AvgIpc) is 2.99. The summed E-state index contributed by atoms with van der Waals surface area (Å²) in [7, 11) is -3.85. The molecule has 1 unspecified atom stereocenters. The molecule has 1 N–H and O–H groups in total. The summed E-state index contributed by atoms with van der Waals surface area (Å²) in [5.41, 5.74) is 0.921. The fourth-order valence-electron chi connectivity index (χ4n) is 2.79. The Morgan fingerprint density at radius 3 is 2.59 bits per heavy atom. The van der Waals surface area contributed by atoms with E-state index in [-0.39, 0.29) is 11.4 Å². The molecule has 0 bridgehead atoms. The number of carboxylic acid groups (broad SMARTS) is 1. The first-order valence-corrected chi connectivity index (χ1v) is 8.18. The topological polar surface area (TPSA) is 87.8 Å². The Morgan fingerprint density at radius 1 is 1.32 bits per heavy atom. The number of anilines is 1. The van der Waals surface area contributed by atoms with Crippen LogP contribution in [0.5, 0.6) is 0 Å². The molecule has 0 radical (unpaired) electrons. The molecule has 1 aromatic heterocycles. The number of furan rings is 1. The zero-order valence-electron chi connectivity index (χ0n) is 12.1. The van der Waals surface area contributed by atoms with Crippen LogP contribution in [0.1, 0.15) is 23.0 Å². The molecule has 0 saturated carbocycles. The molecule has 1 aliphatic heterocycles. The van der Waals surface area contributed by atoms with Gasteiger partial charge in [0.2, 0.25) is 0 Å². The molecule has 0 aliphatic carbocycles. The summed E-state index contributed by atoms with van der Waals surface area (Å²) in [4.78, 5) is 11.5. The van der Waals surface area contributed by atoms with Gasteiger partial charge in [0.25, 0.3) is 10.0 Å². The minimum absolute atomic E-state index is 0.0749. The lowest BCUT2D eigenvalue weighted by Gasteiger charge is -2.19. The highest BCUT2D eigenvalue weighted by Crippen LogP contribution is 2.40. The van der Waals surface area contributed by atoms with Gasteiger partial charge in [0.15, 0.2) is 0 Å². The average molecular weight is 321 g/mol. The maximum atomic E-state index is 12.9. The van der Waals surface area contributed by atoms with E-state index in [0.29, 0.717) is 22.8 Å². The lowest BCUT2D eigenvalue weighted by molar-refractivity contribution is -0.138. The SMILES string of the molecule is Cc1cc(S(=O)(=O)N2CC(C(=O)O)c3ccccc32)c(C)o1. The Labute approximate surface area is 128 Å². The van der Waals surface area contributed by atoms with E-state index in [1.807, 2.05) is 0 Å². The van der Waals surface area contributed by atoms with E-state index in [1.54, 1.807) is 38.1 Å². The lowest BCUT2D eigenvalue weighted by Crippen LogP contribution is -2.31. The summed E-state index contributed by atoms with van der Waals surface area (Å²) < 4.78 is 32.2. The fraction of sp³-hybridized carbons (Fsp3) is 0.267. The third-order valence-electron chi connectivity index (χ3n) is 3.79. The monoisotopic (exact) mass is 321 g/mol. The first kappa shape index (κ1) is 14.6. The number of carboxylic acids is 1. The molecule has 7 heteroatoms. The van der Waals surface area contributed by atoms with Crippen molar-refractivity contribution >= 4 is 21.7 Å². The van der Waals surface area contributed by atoms with Crippen LogP contribution in [0.3, 0.4) is 0 Å². The van der Waals surface area contributed by atoms with E-state index in [4.69, 9.17) is 4.42 Å². The maximum absolute atomic E-state index is 12.9. The van der Waals surface area contributed by atoms with Crippen LogP contribution >= 0.6 is 0 Å². The maximum Gasteiger partial charge on any atom is 0.312 e. The molecule has 0 saturated heterocycles. The molecule has 2 heterocycles. The van der Waals surface area contributed by atoms with Crippen molar-refractivity contribution in [2.24, 2.45) is 0 Å². The van der Waals surface area contributed by atoms with Gasteiger partial charge < -0.3 is 9.52 Å². The van der Waals surface area contributed by atoms with Crippen molar-refractivity contribution in [1.82, 2.24) is 0 Å². The third-order valence-corrected chi connectivity index (χ3v) is 5.68. The number of hydrogen-bond donors (Lipinski definition) is 1. The predicted octanol–water partition coefficient (Wildman–Crippen LogP) is 2.27. The van der Waals surface area contributed by atoms with Crippen molar-refractivity contribution in [1.29, 1.82) is 0 Å². The number of aryl methyl sites for hydroxylation is 2. The van der Waals surface area contributed by atoms with Crippen LogP contribution in [0.2, 0.25) is 0 Å². The molecule has 1 aliphatic rings. The molecule has 1 atom stereocenters. The minimum Gasteiger partial charge on any atom is -0.481 e. The second kappa shape index (κ2) is 4.88. The Kier molecular flexibility index (Phi) is 3.25. The van der Waals surface area contributed by atoms with Crippen LogP contribution in [0.25, 0.3) is 0 Å². The third kappa shape index (κ3) is 2.09. The van der Waals surface area contributed by atoms with Gasteiger partial charge in [0, 0.05) is 6.07 Å². The number of aliphatic carboxylic acids is 1. The molecule has 0 fully saturated rings. The summed E-state index contributed by atoms with van der Waals surface area (Å²) in [5, 5.41) is 9.33. The van der Waals surface area contributed by atoms with Crippen molar-refractivity contribution in [3.63, 3.8) is 0 Å². The summed E-state index contributed by atoms with van der Waals surface area (Å²) in [6.07, 6.45) is 0. The summed E-state index contributed by atoms with van der Waals surface area (Å²) in [6.45, 7) is 3.14. The van der Waals surface area contributed by atoms with Crippen LogP contribution < -0.4 is 4.31 Å². The molecule has 2 aromatic rings. The van der Waals surface area contributed by atoms with Gasteiger partial charge in [-0.05, 0) is 25.5 Å². The van der Waals surface area contributed by atoms with Crippen LogP contribution in [0, 0.1) is 13.8 Å². The van der Waals surface area contributed by atoms with E-state index in [9.17, 15) is 18.3 Å². The first-order chi connectivity index (χ1) is 10.3. The summed E-state index contributed by atoms with van der Waals surface area (Å²) >= 11 is 0. The second-order valence-corrected chi connectivity index (χ2v) is 7.09. The zero-order chi connectivity index (χ0) is 16.1. The van der Waals surface area contributed by atoms with Gasteiger partial charge in [-0.2, -0.15) is 0 Å². The van der Waals surface area contributed by atoms with Crippen LogP contribution in [0.15, 0.2) is 39.6 Å². The number of para-hydroxylation sites is 1. The number of hydrogen-bond acceptors (Lipinski definition) is 4. The van der Waals surface area contributed by atoms with Gasteiger partial charge >= 0.3 is 5.97 Å². The number of rotatable bonds is 3. The van der Waals surface area contributed by atoms with Gasteiger partial charge in [-0.3, -0.25) is 9.10 Å². The molecule has 1 aromatic carbocycles. The molecule has 22 heavy (non-hydrogen) atoms. The number of benzene rings is 1. The van der Waals surface area contributed by atoms with Gasteiger partial charge in [-0.1, -0.05) is 18.2 Å². The predicted molar refractivity (Wildman–Crippen MR) is 79.5 cm³/mol. The van der Waals surface area contributed by atoms with Crippen LogP contribution in [-0.2, 0) is 14.8 Å². The molecule has 0 amide bonds. The smallest absolute Gasteiger partial charge is 0.312 e. The first-order valence-electron chi connectivity index (χ1n) is 6.74. The van der Waals surface area contributed by atoms with Gasteiger partial charge in [-0.25, -0.2) is 8.42 Å². The second-order valence-electron chi connectivity index (χ2n) is 5.26. The molecule has 3 rings (SSSR count). The van der Waals surface area contributed by atoms with E-state index in [1.165, 1.54) is 6.07 Å².